The van der Waals surface area contributed by atoms with E-state index in [0.717, 1.165) is 16.6 Å². The van der Waals surface area contributed by atoms with E-state index in [1.54, 1.807) is 6.20 Å². The van der Waals surface area contributed by atoms with Gasteiger partial charge in [0.05, 0.1) is 18.1 Å². The van der Waals surface area contributed by atoms with Crippen LogP contribution in [-0.2, 0) is 11.3 Å². The Morgan fingerprint density at radius 2 is 2.04 bits per heavy atom. The zero-order valence-electron chi connectivity index (χ0n) is 12.5. The van der Waals surface area contributed by atoms with Crippen LogP contribution in [0.1, 0.15) is 18.4 Å². The van der Waals surface area contributed by atoms with Gasteiger partial charge in [-0.15, -0.1) is 0 Å². The van der Waals surface area contributed by atoms with Crippen molar-refractivity contribution in [2.24, 2.45) is 0 Å². The molecular weight excluding hydrogens is 294 g/mol. The highest BCUT2D eigenvalue weighted by molar-refractivity contribution is 5.86. The molecule has 0 amide bonds. The molecule has 2 aromatic heterocycles. The van der Waals surface area contributed by atoms with Crippen LogP contribution in [0.4, 0.5) is 5.82 Å². The summed E-state index contributed by atoms with van der Waals surface area (Å²) in [6.07, 6.45) is 3.90. The SMILES string of the molecule is O=C(O)CCCNc1ncnc2c1cnn2Cc1ccccc1. The number of carboxylic acids is 1. The van der Waals surface area contributed by atoms with E-state index in [9.17, 15) is 4.79 Å². The lowest BCUT2D eigenvalue weighted by molar-refractivity contribution is -0.137. The van der Waals surface area contributed by atoms with E-state index in [0.29, 0.717) is 25.3 Å². The molecular formula is C16H17N5O2. The smallest absolute Gasteiger partial charge is 0.303 e. The monoisotopic (exact) mass is 311 g/mol. The third-order valence-electron chi connectivity index (χ3n) is 3.47. The Bertz CT molecular complexity index is 801. The van der Waals surface area contributed by atoms with Gasteiger partial charge in [0.25, 0.3) is 0 Å². The molecule has 0 aliphatic heterocycles. The predicted octanol–water partition coefficient (Wildman–Crippen LogP) is 2.15. The summed E-state index contributed by atoms with van der Waals surface area (Å²) in [5.74, 6) is -0.116. The summed E-state index contributed by atoms with van der Waals surface area (Å²) in [7, 11) is 0. The van der Waals surface area contributed by atoms with Gasteiger partial charge in [-0.25, -0.2) is 14.6 Å². The Morgan fingerprint density at radius 1 is 1.22 bits per heavy atom. The lowest BCUT2D eigenvalue weighted by Gasteiger charge is -2.06. The van der Waals surface area contributed by atoms with Crippen molar-refractivity contribution < 1.29 is 9.90 Å². The largest absolute Gasteiger partial charge is 0.481 e. The molecule has 0 bridgehead atoms. The molecule has 0 saturated heterocycles. The lowest BCUT2D eigenvalue weighted by Crippen LogP contribution is -2.07. The van der Waals surface area contributed by atoms with E-state index in [4.69, 9.17) is 5.11 Å². The number of carbonyl (C=O) groups is 1. The number of carboxylic acid groups (broad SMARTS) is 1. The first kappa shape index (κ1) is 15.0. The quantitative estimate of drug-likeness (QED) is 0.649. The number of fused-ring (bicyclic) bond motifs is 1. The van der Waals surface area contributed by atoms with Gasteiger partial charge in [-0.3, -0.25) is 4.79 Å². The third kappa shape index (κ3) is 3.63. The van der Waals surface area contributed by atoms with Crippen molar-refractivity contribution in [2.45, 2.75) is 19.4 Å². The Balaban J connectivity index is 1.76. The molecule has 2 heterocycles. The number of hydrogen-bond acceptors (Lipinski definition) is 5. The molecule has 2 N–H and O–H groups in total. The Labute approximate surface area is 133 Å². The summed E-state index contributed by atoms with van der Waals surface area (Å²) in [5.41, 5.74) is 1.90. The highest BCUT2D eigenvalue weighted by atomic mass is 16.4. The van der Waals surface area contributed by atoms with Crippen LogP contribution in [0.25, 0.3) is 11.0 Å². The summed E-state index contributed by atoms with van der Waals surface area (Å²) in [6, 6.07) is 10.0. The first-order valence-electron chi connectivity index (χ1n) is 7.40. The second-order valence-corrected chi connectivity index (χ2v) is 5.17. The first-order chi connectivity index (χ1) is 11.2. The number of hydrogen-bond donors (Lipinski definition) is 2. The molecule has 1 aromatic carbocycles. The highest BCUT2D eigenvalue weighted by Gasteiger charge is 2.10. The van der Waals surface area contributed by atoms with Crippen molar-refractivity contribution in [3.05, 3.63) is 48.4 Å². The van der Waals surface area contributed by atoms with Gasteiger partial charge in [0, 0.05) is 13.0 Å². The summed E-state index contributed by atoms with van der Waals surface area (Å²) < 4.78 is 1.83. The van der Waals surface area contributed by atoms with Crippen molar-refractivity contribution in [2.75, 3.05) is 11.9 Å². The lowest BCUT2D eigenvalue weighted by atomic mass is 10.2. The number of aliphatic carboxylic acids is 1. The third-order valence-corrected chi connectivity index (χ3v) is 3.47. The van der Waals surface area contributed by atoms with Crippen molar-refractivity contribution in [3.8, 4) is 0 Å². The van der Waals surface area contributed by atoms with E-state index in [1.807, 2.05) is 35.0 Å². The molecule has 0 radical (unpaired) electrons. The van der Waals surface area contributed by atoms with E-state index < -0.39 is 5.97 Å². The maximum absolute atomic E-state index is 10.5. The van der Waals surface area contributed by atoms with Gasteiger partial charge >= 0.3 is 5.97 Å². The van der Waals surface area contributed by atoms with Crippen LogP contribution in [0.5, 0.6) is 0 Å². The molecule has 0 spiro atoms. The van der Waals surface area contributed by atoms with Crippen molar-refractivity contribution >= 4 is 22.8 Å². The van der Waals surface area contributed by atoms with Gasteiger partial charge in [0.1, 0.15) is 12.1 Å². The average Bonchev–Trinajstić information content (AvgIpc) is 2.96. The molecule has 23 heavy (non-hydrogen) atoms. The fourth-order valence-electron chi connectivity index (χ4n) is 2.35. The summed E-state index contributed by atoms with van der Waals surface area (Å²) in [4.78, 5) is 19.1. The molecule has 0 fully saturated rings. The van der Waals surface area contributed by atoms with Crippen molar-refractivity contribution in [3.63, 3.8) is 0 Å². The second-order valence-electron chi connectivity index (χ2n) is 5.17. The van der Waals surface area contributed by atoms with Gasteiger partial charge in [0.15, 0.2) is 5.65 Å². The maximum atomic E-state index is 10.5. The summed E-state index contributed by atoms with van der Waals surface area (Å²) in [6.45, 7) is 1.18. The Hall–Kier alpha value is -2.96. The van der Waals surface area contributed by atoms with E-state index in [-0.39, 0.29) is 6.42 Å². The number of nitrogens with one attached hydrogen (secondary N) is 1. The minimum absolute atomic E-state index is 0.133. The van der Waals surface area contributed by atoms with E-state index in [2.05, 4.69) is 20.4 Å². The van der Waals surface area contributed by atoms with Crippen molar-refractivity contribution in [1.82, 2.24) is 19.7 Å². The molecule has 0 aliphatic carbocycles. The van der Waals surface area contributed by atoms with Crippen LogP contribution >= 0.6 is 0 Å². The molecule has 0 unspecified atom stereocenters. The standard InChI is InChI=1S/C16H17N5O2/c22-14(23)7-4-8-17-15-13-9-20-21(16(13)19-11-18-15)10-12-5-2-1-3-6-12/h1-3,5-6,9,11H,4,7-8,10H2,(H,22,23)(H,17,18,19). The summed E-state index contributed by atoms with van der Waals surface area (Å²) >= 11 is 0. The molecule has 3 aromatic rings. The van der Waals surface area contributed by atoms with Crippen LogP contribution in [0.2, 0.25) is 0 Å². The molecule has 0 aliphatic rings. The molecule has 7 heteroatoms. The van der Waals surface area contributed by atoms with E-state index >= 15 is 0 Å². The second kappa shape index (κ2) is 6.87. The van der Waals surface area contributed by atoms with Crippen LogP contribution in [0, 0.1) is 0 Å². The summed E-state index contributed by atoms with van der Waals surface area (Å²) in [5, 5.41) is 17.0. The number of rotatable bonds is 7. The van der Waals surface area contributed by atoms with Gasteiger partial charge in [0.2, 0.25) is 0 Å². The van der Waals surface area contributed by atoms with Gasteiger partial charge in [-0.05, 0) is 12.0 Å². The predicted molar refractivity (Wildman–Crippen MR) is 86.2 cm³/mol. The molecule has 0 atom stereocenters. The average molecular weight is 311 g/mol. The number of aromatic nitrogens is 4. The van der Waals surface area contributed by atoms with Crippen LogP contribution in [0.15, 0.2) is 42.9 Å². The topological polar surface area (TPSA) is 92.9 Å². The Kier molecular flexibility index (Phi) is 4.46. The number of anilines is 1. The molecule has 118 valence electrons. The van der Waals surface area contributed by atoms with Crippen molar-refractivity contribution in [1.29, 1.82) is 0 Å². The van der Waals surface area contributed by atoms with Crippen LogP contribution in [0.3, 0.4) is 0 Å². The minimum atomic E-state index is -0.796. The number of benzene rings is 1. The zero-order valence-corrected chi connectivity index (χ0v) is 12.5. The maximum Gasteiger partial charge on any atom is 0.303 e. The highest BCUT2D eigenvalue weighted by Crippen LogP contribution is 2.19. The molecule has 7 nitrogen and oxygen atoms in total. The fraction of sp³-hybridized carbons (Fsp3) is 0.250. The van der Waals surface area contributed by atoms with Crippen LogP contribution in [-0.4, -0.2) is 37.4 Å². The molecule has 0 saturated carbocycles. The normalized spacial score (nSPS) is 10.8. The first-order valence-corrected chi connectivity index (χ1v) is 7.40. The minimum Gasteiger partial charge on any atom is -0.481 e. The number of nitrogens with zero attached hydrogens (tertiary/aromatic N) is 4. The van der Waals surface area contributed by atoms with Crippen LogP contribution < -0.4 is 5.32 Å². The fourth-order valence-corrected chi connectivity index (χ4v) is 2.35. The van der Waals surface area contributed by atoms with Gasteiger partial charge in [-0.1, -0.05) is 30.3 Å². The molecule has 3 rings (SSSR count). The zero-order chi connectivity index (χ0) is 16.1. The van der Waals surface area contributed by atoms with Gasteiger partial charge in [-0.2, -0.15) is 5.10 Å². The van der Waals surface area contributed by atoms with E-state index in [1.165, 1.54) is 6.33 Å². The van der Waals surface area contributed by atoms with Gasteiger partial charge < -0.3 is 10.4 Å². The Morgan fingerprint density at radius 3 is 2.83 bits per heavy atom.